The number of piperidine rings is 2. The summed E-state index contributed by atoms with van der Waals surface area (Å²) in [6, 6.07) is 2.17. The molecular formula is C16H29Cl2N5O. The number of hydrogen-bond donors (Lipinski definition) is 2. The molecule has 1 unspecified atom stereocenters. The second-order valence-corrected chi connectivity index (χ2v) is 6.44. The van der Waals surface area contributed by atoms with E-state index in [4.69, 9.17) is 0 Å². The molecule has 2 aliphatic rings. The summed E-state index contributed by atoms with van der Waals surface area (Å²) in [7, 11) is 0. The van der Waals surface area contributed by atoms with Gasteiger partial charge in [0.25, 0.3) is 0 Å². The lowest BCUT2D eigenvalue weighted by Gasteiger charge is -2.39. The summed E-state index contributed by atoms with van der Waals surface area (Å²) in [5, 5.41) is 11.0. The molecule has 2 saturated heterocycles. The van der Waals surface area contributed by atoms with E-state index in [0.717, 1.165) is 58.4 Å². The third kappa shape index (κ3) is 4.42. The Balaban J connectivity index is 0.00000144. The van der Waals surface area contributed by atoms with Crippen molar-refractivity contribution < 1.29 is 4.79 Å². The van der Waals surface area contributed by atoms with Crippen LogP contribution in [0, 0.1) is 0 Å². The molecule has 2 N–H and O–H groups in total. The van der Waals surface area contributed by atoms with Crippen LogP contribution in [0.2, 0.25) is 0 Å². The molecule has 0 aromatic carbocycles. The number of likely N-dealkylation sites (N-methyl/N-ethyl adjacent to an activating group) is 1. The van der Waals surface area contributed by atoms with E-state index in [9.17, 15) is 4.79 Å². The van der Waals surface area contributed by atoms with E-state index in [1.807, 2.05) is 16.9 Å². The standard InChI is InChI=1S/C16H27N5O.2ClH/c1-2-20-11-3-5-14(13-20)19-15(22)16(6-9-17-10-7-16)21-12-4-8-18-21;;/h4,8,12,14,17H,2-3,5-7,9-11,13H2,1H3,(H,19,22);2*1H. The van der Waals surface area contributed by atoms with Gasteiger partial charge in [-0.3, -0.25) is 9.48 Å². The van der Waals surface area contributed by atoms with Gasteiger partial charge in [-0.15, -0.1) is 24.8 Å². The van der Waals surface area contributed by atoms with Gasteiger partial charge in [-0.05, 0) is 57.9 Å². The number of carbonyl (C=O) groups is 1. The van der Waals surface area contributed by atoms with Crippen LogP contribution < -0.4 is 10.6 Å². The first-order valence-electron chi connectivity index (χ1n) is 8.49. The van der Waals surface area contributed by atoms with Crippen LogP contribution in [-0.2, 0) is 10.3 Å². The minimum Gasteiger partial charge on any atom is -0.350 e. The van der Waals surface area contributed by atoms with Crippen molar-refractivity contribution in [1.29, 1.82) is 0 Å². The lowest BCUT2D eigenvalue weighted by atomic mass is 9.87. The lowest BCUT2D eigenvalue weighted by molar-refractivity contribution is -0.133. The predicted molar refractivity (Wildman–Crippen MR) is 100 cm³/mol. The van der Waals surface area contributed by atoms with Crippen LogP contribution >= 0.6 is 24.8 Å². The van der Waals surface area contributed by atoms with Crippen molar-refractivity contribution in [3.63, 3.8) is 0 Å². The molecule has 1 aromatic rings. The van der Waals surface area contributed by atoms with E-state index < -0.39 is 5.54 Å². The molecule has 2 aliphatic heterocycles. The second kappa shape index (κ2) is 9.61. The molecule has 6 nitrogen and oxygen atoms in total. The summed E-state index contributed by atoms with van der Waals surface area (Å²) in [4.78, 5) is 15.5. The van der Waals surface area contributed by atoms with Gasteiger partial charge in [-0.1, -0.05) is 6.92 Å². The highest BCUT2D eigenvalue weighted by molar-refractivity contribution is 5.86. The summed E-state index contributed by atoms with van der Waals surface area (Å²) in [6.07, 6.45) is 7.51. The van der Waals surface area contributed by atoms with Gasteiger partial charge < -0.3 is 15.5 Å². The summed E-state index contributed by atoms with van der Waals surface area (Å²) < 4.78 is 1.86. The first kappa shape index (κ1) is 21.2. The van der Waals surface area contributed by atoms with Crippen LogP contribution in [0.4, 0.5) is 0 Å². The summed E-state index contributed by atoms with van der Waals surface area (Å²) >= 11 is 0. The molecule has 0 aliphatic carbocycles. The van der Waals surface area contributed by atoms with E-state index >= 15 is 0 Å². The monoisotopic (exact) mass is 377 g/mol. The maximum atomic E-state index is 13.1. The van der Waals surface area contributed by atoms with Gasteiger partial charge in [0.2, 0.25) is 5.91 Å². The van der Waals surface area contributed by atoms with Crippen molar-refractivity contribution in [2.24, 2.45) is 0 Å². The summed E-state index contributed by atoms with van der Waals surface area (Å²) in [5.74, 6) is 0.139. The molecule has 24 heavy (non-hydrogen) atoms. The highest BCUT2D eigenvalue weighted by atomic mass is 35.5. The van der Waals surface area contributed by atoms with Gasteiger partial charge in [0.15, 0.2) is 0 Å². The average molecular weight is 378 g/mol. The van der Waals surface area contributed by atoms with E-state index in [1.54, 1.807) is 6.20 Å². The minimum absolute atomic E-state index is 0. The normalized spacial score (nSPS) is 23.6. The Morgan fingerprint density at radius 3 is 2.75 bits per heavy atom. The number of nitrogens with zero attached hydrogens (tertiary/aromatic N) is 3. The minimum atomic E-state index is -0.525. The van der Waals surface area contributed by atoms with Gasteiger partial charge in [0.05, 0.1) is 0 Å². The number of hydrogen-bond acceptors (Lipinski definition) is 4. The van der Waals surface area contributed by atoms with Crippen molar-refractivity contribution in [3.8, 4) is 0 Å². The first-order valence-corrected chi connectivity index (χ1v) is 8.49. The molecule has 0 saturated carbocycles. The van der Waals surface area contributed by atoms with Crippen LogP contribution in [0.1, 0.15) is 32.6 Å². The molecular weight excluding hydrogens is 349 g/mol. The number of carbonyl (C=O) groups excluding carboxylic acids is 1. The Morgan fingerprint density at radius 1 is 1.38 bits per heavy atom. The molecule has 1 aromatic heterocycles. The molecule has 1 amide bonds. The lowest BCUT2D eigenvalue weighted by Crippen LogP contribution is -2.58. The SMILES string of the molecule is CCN1CCCC(NC(=O)C2(n3cccn3)CCNCC2)C1.Cl.Cl. The average Bonchev–Trinajstić information content (AvgIpc) is 3.10. The van der Waals surface area contributed by atoms with Crippen molar-refractivity contribution in [2.75, 3.05) is 32.7 Å². The topological polar surface area (TPSA) is 62.2 Å². The van der Waals surface area contributed by atoms with Crippen molar-refractivity contribution >= 4 is 30.7 Å². The van der Waals surface area contributed by atoms with Crippen LogP contribution in [0.3, 0.4) is 0 Å². The van der Waals surface area contributed by atoms with Crippen LogP contribution in [-0.4, -0.2) is 59.4 Å². The van der Waals surface area contributed by atoms with Gasteiger partial charge in [-0.2, -0.15) is 5.10 Å². The Hall–Kier alpha value is -0.820. The Kier molecular flexibility index (Phi) is 8.50. The van der Waals surface area contributed by atoms with E-state index in [1.165, 1.54) is 0 Å². The third-order valence-electron chi connectivity index (χ3n) is 5.08. The number of amides is 1. The van der Waals surface area contributed by atoms with E-state index in [2.05, 4.69) is 27.6 Å². The van der Waals surface area contributed by atoms with Gasteiger partial charge in [0.1, 0.15) is 5.54 Å². The molecule has 1 atom stereocenters. The fourth-order valence-corrected chi connectivity index (χ4v) is 3.70. The zero-order chi connectivity index (χ0) is 15.4. The number of halogens is 2. The highest BCUT2D eigenvalue weighted by Gasteiger charge is 2.42. The molecule has 138 valence electrons. The van der Waals surface area contributed by atoms with Gasteiger partial charge in [0, 0.05) is 25.0 Å². The Morgan fingerprint density at radius 2 is 2.12 bits per heavy atom. The highest BCUT2D eigenvalue weighted by Crippen LogP contribution is 2.27. The largest absolute Gasteiger partial charge is 0.350 e. The Labute approximate surface area is 156 Å². The fourth-order valence-electron chi connectivity index (χ4n) is 3.70. The Bertz CT molecular complexity index is 491. The number of likely N-dealkylation sites (tertiary alicyclic amines) is 1. The maximum absolute atomic E-state index is 13.1. The van der Waals surface area contributed by atoms with Gasteiger partial charge >= 0.3 is 0 Å². The summed E-state index contributed by atoms with van der Waals surface area (Å²) in [6.45, 7) is 7.08. The van der Waals surface area contributed by atoms with Crippen molar-refractivity contribution in [1.82, 2.24) is 25.3 Å². The predicted octanol–water partition coefficient (Wildman–Crippen LogP) is 1.41. The van der Waals surface area contributed by atoms with Crippen LogP contribution in [0.5, 0.6) is 0 Å². The first-order chi connectivity index (χ1) is 10.7. The van der Waals surface area contributed by atoms with Crippen molar-refractivity contribution in [3.05, 3.63) is 18.5 Å². The molecule has 0 bridgehead atoms. The summed E-state index contributed by atoms with van der Waals surface area (Å²) in [5.41, 5.74) is -0.525. The zero-order valence-corrected chi connectivity index (χ0v) is 15.9. The maximum Gasteiger partial charge on any atom is 0.248 e. The van der Waals surface area contributed by atoms with Crippen LogP contribution in [0.25, 0.3) is 0 Å². The second-order valence-electron chi connectivity index (χ2n) is 6.44. The van der Waals surface area contributed by atoms with Crippen LogP contribution in [0.15, 0.2) is 18.5 Å². The van der Waals surface area contributed by atoms with Gasteiger partial charge in [-0.25, -0.2) is 0 Å². The quantitative estimate of drug-likeness (QED) is 0.832. The number of rotatable bonds is 4. The van der Waals surface area contributed by atoms with Crippen molar-refractivity contribution in [2.45, 2.75) is 44.2 Å². The molecule has 0 radical (unpaired) electrons. The fraction of sp³-hybridized carbons (Fsp3) is 0.750. The number of aromatic nitrogens is 2. The molecule has 2 fully saturated rings. The molecule has 3 rings (SSSR count). The molecule has 0 spiro atoms. The van der Waals surface area contributed by atoms with E-state index in [-0.39, 0.29) is 36.8 Å². The zero-order valence-electron chi connectivity index (χ0n) is 14.2. The van der Waals surface area contributed by atoms with E-state index in [0.29, 0.717) is 0 Å². The smallest absolute Gasteiger partial charge is 0.248 e. The molecule has 8 heteroatoms. The number of nitrogens with one attached hydrogen (secondary N) is 2. The third-order valence-corrected chi connectivity index (χ3v) is 5.08. The molecule has 3 heterocycles.